The molecule has 3 rings (SSSR count). The molecule has 0 radical (unpaired) electrons. The van der Waals surface area contributed by atoms with Crippen molar-refractivity contribution < 1.29 is 4.74 Å². The minimum absolute atomic E-state index is 0.435. The Morgan fingerprint density at radius 1 is 1.45 bits per heavy atom. The van der Waals surface area contributed by atoms with Gasteiger partial charge in [0.25, 0.3) is 0 Å². The van der Waals surface area contributed by atoms with Gasteiger partial charge in [-0.2, -0.15) is 5.10 Å². The molecule has 2 N–H and O–H groups in total. The van der Waals surface area contributed by atoms with Gasteiger partial charge < -0.3 is 10.1 Å². The standard InChI is InChI=1S/C16H23N3O/c1-3-11(8-9-17-2)16-14-7-6-13(20-12-4-5-12)10-15(14)18-19-16/h6-7,10-12,17H,3-5,8-9H2,1-2H3,(H,18,19). The fraction of sp³-hybridized carbons (Fsp3) is 0.562. The molecule has 1 atom stereocenters. The van der Waals surface area contributed by atoms with E-state index in [-0.39, 0.29) is 0 Å². The Morgan fingerprint density at radius 2 is 2.30 bits per heavy atom. The van der Waals surface area contributed by atoms with Crippen LogP contribution in [0.2, 0.25) is 0 Å². The largest absolute Gasteiger partial charge is 0.490 e. The highest BCUT2D eigenvalue weighted by Crippen LogP contribution is 2.32. The number of benzene rings is 1. The van der Waals surface area contributed by atoms with E-state index in [0.717, 1.165) is 30.7 Å². The molecule has 1 saturated carbocycles. The highest BCUT2D eigenvalue weighted by molar-refractivity contribution is 5.83. The normalized spacial score (nSPS) is 16.5. The number of fused-ring (bicyclic) bond motifs is 1. The molecule has 1 unspecified atom stereocenters. The van der Waals surface area contributed by atoms with Crippen molar-refractivity contribution in [3.8, 4) is 5.75 Å². The molecule has 1 aliphatic rings. The van der Waals surface area contributed by atoms with E-state index < -0.39 is 0 Å². The first-order chi connectivity index (χ1) is 9.81. The van der Waals surface area contributed by atoms with Crippen LogP contribution in [0.3, 0.4) is 0 Å². The van der Waals surface area contributed by atoms with E-state index in [1.165, 1.54) is 23.9 Å². The number of nitrogens with zero attached hydrogens (tertiary/aromatic N) is 1. The highest BCUT2D eigenvalue weighted by Gasteiger charge is 2.24. The van der Waals surface area contributed by atoms with E-state index in [9.17, 15) is 0 Å². The summed E-state index contributed by atoms with van der Waals surface area (Å²) in [5.41, 5.74) is 2.27. The molecule has 0 saturated heterocycles. The molecule has 1 aliphatic carbocycles. The summed E-state index contributed by atoms with van der Waals surface area (Å²) in [6.45, 7) is 3.26. The topological polar surface area (TPSA) is 49.9 Å². The molecule has 1 aromatic carbocycles. The van der Waals surface area contributed by atoms with Crippen molar-refractivity contribution in [2.45, 2.75) is 44.6 Å². The van der Waals surface area contributed by atoms with Gasteiger partial charge in [-0.1, -0.05) is 6.92 Å². The second kappa shape index (κ2) is 5.83. The average molecular weight is 273 g/mol. The SMILES string of the molecule is CCC(CCNC)c1[nH]nc2cc(OC3CC3)ccc12. The fourth-order valence-corrected chi connectivity index (χ4v) is 2.65. The molecule has 1 fully saturated rings. The Balaban J connectivity index is 1.83. The van der Waals surface area contributed by atoms with Crippen molar-refractivity contribution in [3.05, 3.63) is 23.9 Å². The summed E-state index contributed by atoms with van der Waals surface area (Å²) in [5, 5.41) is 12.2. The van der Waals surface area contributed by atoms with Crippen LogP contribution in [-0.4, -0.2) is 29.9 Å². The zero-order chi connectivity index (χ0) is 13.9. The first-order valence-corrected chi connectivity index (χ1v) is 7.61. The van der Waals surface area contributed by atoms with Crippen molar-refractivity contribution in [1.29, 1.82) is 0 Å². The monoisotopic (exact) mass is 273 g/mol. The summed E-state index contributed by atoms with van der Waals surface area (Å²) in [6, 6.07) is 6.27. The lowest BCUT2D eigenvalue weighted by molar-refractivity contribution is 0.303. The van der Waals surface area contributed by atoms with Gasteiger partial charge in [0.1, 0.15) is 5.75 Å². The van der Waals surface area contributed by atoms with Crippen LogP contribution in [0.25, 0.3) is 10.9 Å². The second-order valence-electron chi connectivity index (χ2n) is 5.63. The Labute approximate surface area is 119 Å². The number of hydrogen-bond acceptors (Lipinski definition) is 3. The predicted molar refractivity (Wildman–Crippen MR) is 81.3 cm³/mol. The van der Waals surface area contributed by atoms with E-state index in [1.54, 1.807) is 0 Å². The molecule has 4 heteroatoms. The van der Waals surface area contributed by atoms with E-state index >= 15 is 0 Å². The molecule has 1 aromatic heterocycles. The van der Waals surface area contributed by atoms with Gasteiger partial charge >= 0.3 is 0 Å². The summed E-state index contributed by atoms with van der Waals surface area (Å²) in [7, 11) is 2.00. The maximum Gasteiger partial charge on any atom is 0.121 e. The Morgan fingerprint density at radius 3 is 3.00 bits per heavy atom. The number of rotatable bonds is 7. The minimum Gasteiger partial charge on any atom is -0.490 e. The number of hydrogen-bond donors (Lipinski definition) is 2. The van der Waals surface area contributed by atoms with Gasteiger partial charge in [-0.3, -0.25) is 5.10 Å². The van der Waals surface area contributed by atoms with E-state index in [2.05, 4.69) is 40.6 Å². The van der Waals surface area contributed by atoms with E-state index in [4.69, 9.17) is 4.74 Å². The molecule has 0 aliphatic heterocycles. The quantitative estimate of drug-likeness (QED) is 0.814. The number of aromatic amines is 1. The van der Waals surface area contributed by atoms with Crippen molar-refractivity contribution in [3.63, 3.8) is 0 Å². The Hall–Kier alpha value is -1.55. The molecule has 20 heavy (non-hydrogen) atoms. The van der Waals surface area contributed by atoms with Gasteiger partial charge in [-0.05, 0) is 51.4 Å². The zero-order valence-electron chi connectivity index (χ0n) is 12.3. The lowest BCUT2D eigenvalue weighted by Gasteiger charge is -2.13. The van der Waals surface area contributed by atoms with Gasteiger partial charge in [0.15, 0.2) is 0 Å². The number of H-pyrrole nitrogens is 1. The third-order valence-electron chi connectivity index (χ3n) is 4.03. The second-order valence-corrected chi connectivity index (χ2v) is 5.63. The number of aromatic nitrogens is 2. The average Bonchev–Trinajstić information content (AvgIpc) is 3.18. The van der Waals surface area contributed by atoms with Crippen LogP contribution < -0.4 is 10.1 Å². The van der Waals surface area contributed by atoms with Gasteiger partial charge in [0.2, 0.25) is 0 Å². The first-order valence-electron chi connectivity index (χ1n) is 7.61. The first kappa shape index (κ1) is 13.4. The molecule has 1 heterocycles. The van der Waals surface area contributed by atoms with Crippen molar-refractivity contribution in [2.75, 3.05) is 13.6 Å². The smallest absolute Gasteiger partial charge is 0.121 e. The van der Waals surface area contributed by atoms with Crippen LogP contribution in [0, 0.1) is 0 Å². The zero-order valence-corrected chi connectivity index (χ0v) is 12.3. The maximum atomic E-state index is 5.83. The third-order valence-corrected chi connectivity index (χ3v) is 4.03. The molecule has 4 nitrogen and oxygen atoms in total. The van der Waals surface area contributed by atoms with Gasteiger partial charge in [-0.15, -0.1) is 0 Å². The van der Waals surface area contributed by atoms with Crippen LogP contribution in [0.1, 0.15) is 44.2 Å². The summed E-state index contributed by atoms with van der Waals surface area (Å²) in [6.07, 6.45) is 5.06. The van der Waals surface area contributed by atoms with E-state index in [1.807, 2.05) is 7.05 Å². The van der Waals surface area contributed by atoms with Gasteiger partial charge in [0.05, 0.1) is 11.6 Å². The van der Waals surface area contributed by atoms with Crippen molar-refractivity contribution in [1.82, 2.24) is 15.5 Å². The van der Waals surface area contributed by atoms with E-state index in [0.29, 0.717) is 12.0 Å². The van der Waals surface area contributed by atoms with Crippen LogP contribution in [0.5, 0.6) is 5.75 Å². The molecule has 0 bridgehead atoms. The summed E-state index contributed by atoms with van der Waals surface area (Å²) in [4.78, 5) is 0. The summed E-state index contributed by atoms with van der Waals surface area (Å²) >= 11 is 0. The Kier molecular flexibility index (Phi) is 3.92. The molecule has 2 aromatic rings. The van der Waals surface area contributed by atoms with Gasteiger partial charge in [-0.25, -0.2) is 0 Å². The van der Waals surface area contributed by atoms with Crippen LogP contribution >= 0.6 is 0 Å². The molecule has 0 amide bonds. The van der Waals surface area contributed by atoms with Crippen molar-refractivity contribution >= 4 is 10.9 Å². The molecular formula is C16H23N3O. The summed E-state index contributed by atoms with van der Waals surface area (Å²) in [5.74, 6) is 1.48. The fourth-order valence-electron chi connectivity index (χ4n) is 2.65. The summed E-state index contributed by atoms with van der Waals surface area (Å²) < 4.78 is 5.83. The number of nitrogens with one attached hydrogen (secondary N) is 2. The van der Waals surface area contributed by atoms with Crippen LogP contribution in [-0.2, 0) is 0 Å². The molecule has 0 spiro atoms. The predicted octanol–water partition coefficient (Wildman–Crippen LogP) is 3.21. The minimum atomic E-state index is 0.435. The third kappa shape index (κ3) is 2.80. The molecular weight excluding hydrogens is 250 g/mol. The van der Waals surface area contributed by atoms with Crippen LogP contribution in [0.4, 0.5) is 0 Å². The lowest BCUT2D eigenvalue weighted by atomic mass is 9.96. The van der Waals surface area contributed by atoms with Gasteiger partial charge in [0, 0.05) is 23.1 Å². The van der Waals surface area contributed by atoms with Crippen LogP contribution in [0.15, 0.2) is 18.2 Å². The van der Waals surface area contributed by atoms with Crippen molar-refractivity contribution in [2.24, 2.45) is 0 Å². The highest BCUT2D eigenvalue weighted by atomic mass is 16.5. The Bertz CT molecular complexity index is 574. The molecule has 108 valence electrons. The number of ether oxygens (including phenoxy) is 1. The maximum absolute atomic E-state index is 5.83. The lowest BCUT2D eigenvalue weighted by Crippen LogP contribution is -2.12.